The minimum absolute atomic E-state index is 0.0208. The van der Waals surface area contributed by atoms with E-state index in [0.717, 1.165) is 42.3 Å². The highest BCUT2D eigenvalue weighted by Crippen LogP contribution is 2.25. The maximum Gasteiger partial charge on any atom is 0.254 e. The lowest BCUT2D eigenvalue weighted by molar-refractivity contribution is -0.135. The Morgan fingerprint density at radius 2 is 1.62 bits per heavy atom. The third-order valence-electron chi connectivity index (χ3n) is 7.08. The van der Waals surface area contributed by atoms with Crippen LogP contribution in [0.25, 0.3) is 11.0 Å². The molecule has 4 aromatic rings. The molecule has 3 aromatic carbocycles. The second kappa shape index (κ2) is 11.4. The monoisotopic (exact) mass is 498 g/mol. The average molecular weight is 499 g/mol. The molecule has 1 fully saturated rings. The Balaban J connectivity index is 1.40. The molecule has 0 unspecified atom stereocenters. The molecule has 5 rings (SSSR count). The van der Waals surface area contributed by atoms with Crippen LogP contribution < -0.4 is 5.32 Å². The van der Waals surface area contributed by atoms with Gasteiger partial charge in [0.15, 0.2) is 0 Å². The quantitative estimate of drug-likeness (QED) is 0.350. The number of rotatable bonds is 8. The number of nitrogens with zero attached hydrogens (tertiary/aromatic N) is 3. The average Bonchev–Trinajstić information content (AvgIpc) is 3.28. The highest BCUT2D eigenvalue weighted by molar-refractivity contribution is 5.94. The van der Waals surface area contributed by atoms with E-state index in [1.54, 1.807) is 12.1 Å². The summed E-state index contributed by atoms with van der Waals surface area (Å²) in [5, 5.41) is 2.78. The van der Waals surface area contributed by atoms with E-state index in [1.165, 1.54) is 18.6 Å². The van der Waals surface area contributed by atoms with Crippen molar-refractivity contribution < 1.29 is 14.0 Å². The van der Waals surface area contributed by atoms with Crippen molar-refractivity contribution in [2.45, 2.75) is 57.8 Å². The van der Waals surface area contributed by atoms with E-state index in [9.17, 15) is 14.0 Å². The van der Waals surface area contributed by atoms with Crippen LogP contribution in [0.2, 0.25) is 0 Å². The summed E-state index contributed by atoms with van der Waals surface area (Å²) in [6.45, 7) is 0.766. The van der Waals surface area contributed by atoms with Crippen LogP contribution >= 0.6 is 0 Å². The highest BCUT2D eigenvalue weighted by atomic mass is 19.1. The molecule has 1 aliphatic carbocycles. The molecule has 37 heavy (non-hydrogen) atoms. The number of nitrogens with one attached hydrogen (secondary N) is 1. The lowest BCUT2D eigenvalue weighted by Crippen LogP contribution is -2.42. The van der Waals surface area contributed by atoms with E-state index >= 15 is 0 Å². The zero-order chi connectivity index (χ0) is 25.6. The predicted molar refractivity (Wildman–Crippen MR) is 141 cm³/mol. The van der Waals surface area contributed by atoms with E-state index in [1.807, 2.05) is 51.9 Å². The molecule has 190 valence electrons. The maximum absolute atomic E-state index is 14.1. The van der Waals surface area contributed by atoms with Gasteiger partial charge in [-0.15, -0.1) is 0 Å². The summed E-state index contributed by atoms with van der Waals surface area (Å²) in [7, 11) is 0. The summed E-state index contributed by atoms with van der Waals surface area (Å²) in [6.07, 6.45) is 5.49. The van der Waals surface area contributed by atoms with E-state index < -0.39 is 11.7 Å². The van der Waals surface area contributed by atoms with Crippen LogP contribution in [-0.2, 0) is 24.4 Å². The second-order valence-corrected chi connectivity index (χ2v) is 9.56. The molecule has 1 aromatic heterocycles. The van der Waals surface area contributed by atoms with Crippen molar-refractivity contribution in [3.8, 4) is 0 Å². The third kappa shape index (κ3) is 5.71. The molecule has 7 heteroatoms. The zero-order valence-electron chi connectivity index (χ0n) is 20.8. The smallest absolute Gasteiger partial charge is 0.254 e. The number of hydrogen-bond acceptors (Lipinski definition) is 3. The van der Waals surface area contributed by atoms with Crippen LogP contribution in [0.1, 0.15) is 53.8 Å². The normalized spacial score (nSPS) is 14.0. The molecule has 1 N–H and O–H groups in total. The molecule has 2 amide bonds. The first-order chi connectivity index (χ1) is 18.1. The molecular formula is C30H31FN4O2. The summed E-state index contributed by atoms with van der Waals surface area (Å²) in [5.74, 6) is -0.508. The number of carbonyl (C=O) groups is 2. The van der Waals surface area contributed by atoms with Gasteiger partial charge in [0.25, 0.3) is 5.91 Å². The lowest BCUT2D eigenvalue weighted by Gasteiger charge is -2.35. The van der Waals surface area contributed by atoms with Gasteiger partial charge in [0, 0.05) is 12.6 Å². The molecule has 0 atom stereocenters. The number of hydrogen-bond donors (Lipinski definition) is 1. The number of benzene rings is 3. The van der Waals surface area contributed by atoms with Crippen molar-refractivity contribution >= 4 is 22.8 Å². The Kier molecular flexibility index (Phi) is 7.59. The van der Waals surface area contributed by atoms with Gasteiger partial charge in [-0.05, 0) is 42.7 Å². The fourth-order valence-corrected chi connectivity index (χ4v) is 5.16. The third-order valence-corrected chi connectivity index (χ3v) is 7.08. The molecule has 6 nitrogen and oxygen atoms in total. The van der Waals surface area contributed by atoms with Gasteiger partial charge in [0.05, 0.1) is 23.1 Å². The number of halogens is 1. The first-order valence-corrected chi connectivity index (χ1v) is 12.9. The largest absolute Gasteiger partial charge is 0.345 e. The van der Waals surface area contributed by atoms with Gasteiger partial charge in [-0.25, -0.2) is 9.37 Å². The summed E-state index contributed by atoms with van der Waals surface area (Å²) in [6, 6.07) is 23.8. The van der Waals surface area contributed by atoms with Gasteiger partial charge in [0.1, 0.15) is 18.2 Å². The van der Waals surface area contributed by atoms with Crippen LogP contribution in [0.4, 0.5) is 4.39 Å². The highest BCUT2D eigenvalue weighted by Gasteiger charge is 2.27. The zero-order valence-corrected chi connectivity index (χ0v) is 20.8. The molecule has 0 radical (unpaired) electrons. The van der Waals surface area contributed by atoms with Crippen molar-refractivity contribution in [2.24, 2.45) is 0 Å². The number of imidazole rings is 1. The first kappa shape index (κ1) is 24.7. The molecule has 1 aliphatic rings. The topological polar surface area (TPSA) is 67.2 Å². The van der Waals surface area contributed by atoms with Gasteiger partial charge in [0.2, 0.25) is 5.91 Å². The number of fused-ring (bicyclic) bond motifs is 1. The molecule has 0 bridgehead atoms. The molecule has 0 saturated heterocycles. The molecule has 1 heterocycles. The Labute approximate surface area is 216 Å². The minimum atomic E-state index is -0.576. The van der Waals surface area contributed by atoms with Gasteiger partial charge < -0.3 is 14.8 Å². The van der Waals surface area contributed by atoms with Gasteiger partial charge in [-0.2, -0.15) is 0 Å². The lowest BCUT2D eigenvalue weighted by atomic mass is 9.93. The van der Waals surface area contributed by atoms with Crippen molar-refractivity contribution in [3.63, 3.8) is 0 Å². The molecule has 1 saturated carbocycles. The molecular weight excluding hydrogens is 467 g/mol. The predicted octanol–water partition coefficient (Wildman–Crippen LogP) is 5.47. The van der Waals surface area contributed by atoms with Gasteiger partial charge >= 0.3 is 0 Å². The Bertz CT molecular complexity index is 1380. The van der Waals surface area contributed by atoms with Gasteiger partial charge in [-0.1, -0.05) is 73.9 Å². The van der Waals surface area contributed by atoms with Crippen LogP contribution in [0, 0.1) is 5.82 Å². The SMILES string of the molecule is O=C(NCc1nc2ccccc2n1CC(=O)N(Cc1ccccc1)C1CCCCC1)c1ccccc1F. The fourth-order valence-electron chi connectivity index (χ4n) is 5.16. The van der Waals surface area contributed by atoms with E-state index in [0.29, 0.717) is 12.4 Å². The molecule has 0 aliphatic heterocycles. The summed E-state index contributed by atoms with van der Waals surface area (Å²) < 4.78 is 16.0. The van der Waals surface area contributed by atoms with Crippen molar-refractivity contribution in [2.75, 3.05) is 0 Å². The summed E-state index contributed by atoms with van der Waals surface area (Å²) in [4.78, 5) is 33.2. The van der Waals surface area contributed by atoms with Crippen LogP contribution in [-0.4, -0.2) is 32.3 Å². The van der Waals surface area contributed by atoms with Crippen LogP contribution in [0.5, 0.6) is 0 Å². The number of amides is 2. The van der Waals surface area contributed by atoms with Crippen LogP contribution in [0.3, 0.4) is 0 Å². The van der Waals surface area contributed by atoms with Gasteiger partial charge in [-0.3, -0.25) is 9.59 Å². The number of para-hydroxylation sites is 2. The van der Waals surface area contributed by atoms with Crippen LogP contribution in [0.15, 0.2) is 78.9 Å². The maximum atomic E-state index is 14.1. The Hall–Kier alpha value is -4.00. The number of aromatic nitrogens is 2. The van der Waals surface area contributed by atoms with Crippen molar-refractivity contribution in [3.05, 3.63) is 102 Å². The minimum Gasteiger partial charge on any atom is -0.345 e. The number of carbonyl (C=O) groups excluding carboxylic acids is 2. The first-order valence-electron chi connectivity index (χ1n) is 12.9. The summed E-state index contributed by atoms with van der Waals surface area (Å²) in [5.41, 5.74) is 2.66. The van der Waals surface area contributed by atoms with E-state index in [2.05, 4.69) is 17.4 Å². The van der Waals surface area contributed by atoms with Crippen molar-refractivity contribution in [1.29, 1.82) is 0 Å². The summed E-state index contributed by atoms with van der Waals surface area (Å²) >= 11 is 0. The Morgan fingerprint density at radius 3 is 2.41 bits per heavy atom. The Morgan fingerprint density at radius 1 is 0.919 bits per heavy atom. The van der Waals surface area contributed by atoms with E-state index in [4.69, 9.17) is 4.98 Å². The molecule has 0 spiro atoms. The standard InChI is InChI=1S/C30H31FN4O2/c31-25-16-8-7-15-24(25)30(37)32-19-28-33-26-17-9-10-18-27(26)35(28)21-29(36)34(23-13-5-2-6-14-23)20-22-11-3-1-4-12-22/h1,3-4,7-12,15-18,23H,2,5-6,13-14,19-21H2,(H,32,37). The van der Waals surface area contributed by atoms with E-state index in [-0.39, 0.29) is 30.6 Å². The fraction of sp³-hybridized carbons (Fsp3) is 0.300. The van der Waals surface area contributed by atoms with Crippen molar-refractivity contribution in [1.82, 2.24) is 19.8 Å². The second-order valence-electron chi connectivity index (χ2n) is 9.56.